The summed E-state index contributed by atoms with van der Waals surface area (Å²) < 4.78 is 5.50. The number of ether oxygens (including phenoxy) is 1. The predicted molar refractivity (Wildman–Crippen MR) is 66.3 cm³/mol. The van der Waals surface area contributed by atoms with Gasteiger partial charge in [-0.15, -0.1) is 0 Å². The minimum atomic E-state index is 0.746. The maximum Gasteiger partial charge on any atom is 0.0590 e. The first-order chi connectivity index (χ1) is 7.16. The monoisotopic (exact) mass is 216 g/mol. The lowest BCUT2D eigenvalue weighted by molar-refractivity contribution is 0.125. The summed E-state index contributed by atoms with van der Waals surface area (Å²) in [7, 11) is 2.14. The topological polar surface area (TPSA) is 24.5 Å². The molecule has 0 aliphatic carbocycles. The van der Waals surface area contributed by atoms with E-state index >= 15 is 0 Å². The Morgan fingerprint density at radius 1 is 1.20 bits per heavy atom. The first kappa shape index (κ1) is 14.9. The zero-order valence-corrected chi connectivity index (χ0v) is 10.9. The number of nitrogens with zero attached hydrogens (tertiary/aromatic N) is 1. The average molecular weight is 216 g/mol. The summed E-state index contributed by atoms with van der Waals surface area (Å²) in [6.45, 7) is 12.6. The van der Waals surface area contributed by atoms with Crippen LogP contribution in [0.1, 0.15) is 27.2 Å². The third-order valence-electron chi connectivity index (χ3n) is 2.47. The van der Waals surface area contributed by atoms with E-state index in [0.717, 1.165) is 45.3 Å². The number of likely N-dealkylation sites (N-methyl/N-ethyl adjacent to an activating group) is 1. The quantitative estimate of drug-likeness (QED) is 0.561. The number of rotatable bonds is 10. The van der Waals surface area contributed by atoms with Gasteiger partial charge in [-0.25, -0.2) is 0 Å². The van der Waals surface area contributed by atoms with E-state index in [1.807, 2.05) is 0 Å². The molecule has 0 saturated carbocycles. The van der Waals surface area contributed by atoms with Gasteiger partial charge in [0.05, 0.1) is 6.61 Å². The molecule has 0 aromatic rings. The van der Waals surface area contributed by atoms with Crippen molar-refractivity contribution in [2.75, 3.05) is 46.4 Å². The highest BCUT2D eigenvalue weighted by atomic mass is 16.5. The normalized spacial score (nSPS) is 11.6. The minimum absolute atomic E-state index is 0.746. The molecule has 3 heteroatoms. The van der Waals surface area contributed by atoms with E-state index < -0.39 is 0 Å². The summed E-state index contributed by atoms with van der Waals surface area (Å²) in [5.41, 5.74) is 0. The van der Waals surface area contributed by atoms with Gasteiger partial charge in [0.25, 0.3) is 0 Å². The van der Waals surface area contributed by atoms with Crippen LogP contribution in [0.2, 0.25) is 0 Å². The second-order valence-corrected chi connectivity index (χ2v) is 4.44. The second-order valence-electron chi connectivity index (χ2n) is 4.44. The highest BCUT2D eigenvalue weighted by Crippen LogP contribution is 1.98. The molecule has 0 atom stereocenters. The zero-order valence-electron chi connectivity index (χ0n) is 10.9. The molecule has 0 aromatic heterocycles. The van der Waals surface area contributed by atoms with Crippen molar-refractivity contribution in [1.29, 1.82) is 0 Å². The Hall–Kier alpha value is -0.120. The maximum atomic E-state index is 5.50. The van der Waals surface area contributed by atoms with Gasteiger partial charge in [0, 0.05) is 26.2 Å². The Bertz CT molecular complexity index is 129. The summed E-state index contributed by atoms with van der Waals surface area (Å²) in [6.07, 6.45) is 1.17. The van der Waals surface area contributed by atoms with Gasteiger partial charge >= 0.3 is 0 Å². The van der Waals surface area contributed by atoms with Gasteiger partial charge in [0.2, 0.25) is 0 Å². The van der Waals surface area contributed by atoms with Crippen LogP contribution in [-0.4, -0.2) is 51.3 Å². The molecule has 15 heavy (non-hydrogen) atoms. The summed E-state index contributed by atoms with van der Waals surface area (Å²) in [4.78, 5) is 2.30. The van der Waals surface area contributed by atoms with Crippen molar-refractivity contribution in [3.8, 4) is 0 Å². The molecule has 0 rings (SSSR count). The molecule has 0 heterocycles. The van der Waals surface area contributed by atoms with E-state index in [9.17, 15) is 0 Å². The molecule has 0 unspecified atom stereocenters. The Balaban J connectivity index is 2.99. The number of nitrogens with one attached hydrogen (secondary N) is 1. The van der Waals surface area contributed by atoms with Gasteiger partial charge in [-0.3, -0.25) is 0 Å². The third-order valence-corrected chi connectivity index (χ3v) is 2.47. The van der Waals surface area contributed by atoms with Crippen LogP contribution >= 0.6 is 0 Å². The van der Waals surface area contributed by atoms with E-state index in [0.29, 0.717) is 0 Å². The van der Waals surface area contributed by atoms with Crippen molar-refractivity contribution in [1.82, 2.24) is 10.2 Å². The highest BCUT2D eigenvalue weighted by Gasteiger charge is 1.95. The summed E-state index contributed by atoms with van der Waals surface area (Å²) >= 11 is 0. The first-order valence-corrected chi connectivity index (χ1v) is 6.13. The lowest BCUT2D eigenvalue weighted by Crippen LogP contribution is -2.30. The van der Waals surface area contributed by atoms with E-state index in [1.54, 1.807) is 0 Å². The summed E-state index contributed by atoms with van der Waals surface area (Å²) in [5, 5.41) is 3.37. The van der Waals surface area contributed by atoms with Crippen LogP contribution < -0.4 is 5.32 Å². The van der Waals surface area contributed by atoms with Crippen LogP contribution in [0.4, 0.5) is 0 Å². The Kier molecular flexibility index (Phi) is 10.3. The fourth-order valence-corrected chi connectivity index (χ4v) is 1.12. The molecule has 0 saturated heterocycles. The van der Waals surface area contributed by atoms with Gasteiger partial charge in [-0.05, 0) is 25.9 Å². The minimum Gasteiger partial charge on any atom is -0.380 e. The molecule has 0 bridgehead atoms. The predicted octanol–water partition coefficient (Wildman–Crippen LogP) is 1.59. The molecule has 0 radical (unpaired) electrons. The number of hydrogen-bond acceptors (Lipinski definition) is 3. The lowest BCUT2D eigenvalue weighted by Gasteiger charge is -2.14. The van der Waals surface area contributed by atoms with E-state index in [2.05, 4.69) is 38.0 Å². The van der Waals surface area contributed by atoms with Gasteiger partial charge in [0.1, 0.15) is 0 Å². The van der Waals surface area contributed by atoms with Gasteiger partial charge in [-0.1, -0.05) is 20.8 Å². The SMILES string of the molecule is CCN(C)CCNCCOCCC(C)C. The molecular formula is C12H28N2O. The molecule has 92 valence electrons. The second kappa shape index (κ2) is 10.4. The van der Waals surface area contributed by atoms with Crippen LogP contribution in [0, 0.1) is 5.92 Å². The molecule has 3 nitrogen and oxygen atoms in total. The van der Waals surface area contributed by atoms with Crippen LogP contribution in [0.25, 0.3) is 0 Å². The fraction of sp³-hybridized carbons (Fsp3) is 1.00. The van der Waals surface area contributed by atoms with Crippen molar-refractivity contribution < 1.29 is 4.74 Å². The third kappa shape index (κ3) is 11.8. The van der Waals surface area contributed by atoms with E-state index in [4.69, 9.17) is 4.74 Å². The maximum absolute atomic E-state index is 5.50. The molecule has 0 spiro atoms. The van der Waals surface area contributed by atoms with Crippen molar-refractivity contribution in [3.63, 3.8) is 0 Å². The van der Waals surface area contributed by atoms with Gasteiger partial charge < -0.3 is 15.0 Å². The van der Waals surface area contributed by atoms with Crippen LogP contribution in [0.3, 0.4) is 0 Å². The molecule has 0 aromatic carbocycles. The van der Waals surface area contributed by atoms with Crippen LogP contribution in [0.5, 0.6) is 0 Å². The standard InChI is InChI=1S/C12H28N2O/c1-5-14(4)9-7-13-8-11-15-10-6-12(2)3/h12-13H,5-11H2,1-4H3. The van der Waals surface area contributed by atoms with Gasteiger partial charge in [0.15, 0.2) is 0 Å². The van der Waals surface area contributed by atoms with Gasteiger partial charge in [-0.2, -0.15) is 0 Å². The van der Waals surface area contributed by atoms with Crippen LogP contribution in [0.15, 0.2) is 0 Å². The molecule has 0 fully saturated rings. The lowest BCUT2D eigenvalue weighted by atomic mass is 10.1. The van der Waals surface area contributed by atoms with Crippen LogP contribution in [-0.2, 0) is 4.74 Å². The average Bonchev–Trinajstić information content (AvgIpc) is 2.21. The molecule has 0 amide bonds. The van der Waals surface area contributed by atoms with E-state index in [1.165, 1.54) is 6.42 Å². The molecular weight excluding hydrogens is 188 g/mol. The zero-order chi connectivity index (χ0) is 11.5. The Morgan fingerprint density at radius 3 is 2.53 bits per heavy atom. The molecule has 1 N–H and O–H groups in total. The smallest absolute Gasteiger partial charge is 0.0590 e. The molecule has 0 aliphatic rings. The number of hydrogen-bond donors (Lipinski definition) is 1. The fourth-order valence-electron chi connectivity index (χ4n) is 1.12. The highest BCUT2D eigenvalue weighted by molar-refractivity contribution is 4.52. The van der Waals surface area contributed by atoms with Crippen molar-refractivity contribution in [2.45, 2.75) is 27.2 Å². The Labute approximate surface area is 95.2 Å². The molecule has 0 aliphatic heterocycles. The van der Waals surface area contributed by atoms with Crippen molar-refractivity contribution >= 4 is 0 Å². The van der Waals surface area contributed by atoms with E-state index in [-0.39, 0.29) is 0 Å². The van der Waals surface area contributed by atoms with Crippen molar-refractivity contribution in [2.24, 2.45) is 5.92 Å². The van der Waals surface area contributed by atoms with Crippen molar-refractivity contribution in [3.05, 3.63) is 0 Å². The Morgan fingerprint density at radius 2 is 1.93 bits per heavy atom. The largest absolute Gasteiger partial charge is 0.380 e. The summed E-state index contributed by atoms with van der Waals surface area (Å²) in [5.74, 6) is 0.746. The summed E-state index contributed by atoms with van der Waals surface area (Å²) in [6, 6.07) is 0. The first-order valence-electron chi connectivity index (χ1n) is 6.13.